The van der Waals surface area contributed by atoms with Crippen molar-refractivity contribution in [2.75, 3.05) is 13.1 Å². The standard InChI is InChI=1S/C11H12FN3/c12-9-2-4-15-7-10(14-11(15)5-9)8-1-3-13-6-8/h2,4-5,7-8,13H,1,3,6H2. The van der Waals surface area contributed by atoms with E-state index in [0.29, 0.717) is 11.6 Å². The van der Waals surface area contributed by atoms with Crippen molar-refractivity contribution < 1.29 is 4.39 Å². The van der Waals surface area contributed by atoms with Gasteiger partial charge in [0.25, 0.3) is 0 Å². The van der Waals surface area contributed by atoms with Crippen molar-refractivity contribution in [3.63, 3.8) is 0 Å². The quantitative estimate of drug-likeness (QED) is 0.765. The molecule has 1 aliphatic rings. The van der Waals surface area contributed by atoms with E-state index in [1.807, 2.05) is 10.6 Å². The van der Waals surface area contributed by atoms with Gasteiger partial charge in [-0.15, -0.1) is 0 Å². The van der Waals surface area contributed by atoms with Crippen molar-refractivity contribution in [3.8, 4) is 0 Å². The van der Waals surface area contributed by atoms with Crippen molar-refractivity contribution in [2.24, 2.45) is 0 Å². The van der Waals surface area contributed by atoms with Gasteiger partial charge in [-0.05, 0) is 19.0 Å². The van der Waals surface area contributed by atoms with Crippen LogP contribution in [-0.4, -0.2) is 22.5 Å². The number of rotatable bonds is 1. The highest BCUT2D eigenvalue weighted by Gasteiger charge is 2.19. The fraction of sp³-hybridized carbons (Fsp3) is 0.364. The number of pyridine rings is 1. The summed E-state index contributed by atoms with van der Waals surface area (Å²) in [5, 5.41) is 3.30. The smallest absolute Gasteiger partial charge is 0.139 e. The SMILES string of the molecule is Fc1ccn2cc(C3CCNC3)nc2c1. The van der Waals surface area contributed by atoms with Crippen molar-refractivity contribution in [1.82, 2.24) is 14.7 Å². The summed E-state index contributed by atoms with van der Waals surface area (Å²) in [6, 6.07) is 2.91. The molecule has 2 aromatic rings. The van der Waals surface area contributed by atoms with Crippen LogP contribution >= 0.6 is 0 Å². The van der Waals surface area contributed by atoms with Crippen molar-refractivity contribution in [2.45, 2.75) is 12.3 Å². The normalized spacial score (nSPS) is 21.3. The third-order valence-electron chi connectivity index (χ3n) is 2.92. The average molecular weight is 205 g/mol. The summed E-state index contributed by atoms with van der Waals surface area (Å²) in [6.07, 6.45) is 4.82. The molecule has 4 heteroatoms. The Labute approximate surface area is 86.9 Å². The van der Waals surface area contributed by atoms with E-state index in [1.54, 1.807) is 6.20 Å². The van der Waals surface area contributed by atoms with Gasteiger partial charge in [-0.2, -0.15) is 0 Å². The fourth-order valence-electron chi connectivity index (χ4n) is 2.08. The molecule has 0 aliphatic carbocycles. The van der Waals surface area contributed by atoms with Crippen LogP contribution in [0.25, 0.3) is 5.65 Å². The molecule has 1 atom stereocenters. The molecular formula is C11H12FN3. The van der Waals surface area contributed by atoms with Gasteiger partial charge in [0.05, 0.1) is 5.69 Å². The number of fused-ring (bicyclic) bond motifs is 1. The van der Waals surface area contributed by atoms with Crippen LogP contribution in [0.1, 0.15) is 18.0 Å². The van der Waals surface area contributed by atoms with E-state index in [0.717, 1.165) is 25.2 Å². The fourth-order valence-corrected chi connectivity index (χ4v) is 2.08. The molecule has 0 saturated carbocycles. The number of aromatic nitrogens is 2. The van der Waals surface area contributed by atoms with Crippen molar-refractivity contribution in [3.05, 3.63) is 36.0 Å². The van der Waals surface area contributed by atoms with E-state index in [2.05, 4.69) is 10.3 Å². The van der Waals surface area contributed by atoms with E-state index in [4.69, 9.17) is 0 Å². The first-order valence-corrected chi connectivity index (χ1v) is 5.18. The first-order chi connectivity index (χ1) is 7.33. The monoisotopic (exact) mass is 205 g/mol. The summed E-state index contributed by atoms with van der Waals surface area (Å²) in [7, 11) is 0. The largest absolute Gasteiger partial charge is 0.316 e. The molecule has 1 aliphatic heterocycles. The van der Waals surface area contributed by atoms with E-state index in [1.165, 1.54) is 12.1 Å². The molecule has 1 unspecified atom stereocenters. The summed E-state index contributed by atoms with van der Waals surface area (Å²) in [5.41, 5.74) is 1.75. The average Bonchev–Trinajstić information content (AvgIpc) is 2.84. The Morgan fingerprint density at radius 1 is 1.53 bits per heavy atom. The molecule has 0 aromatic carbocycles. The lowest BCUT2D eigenvalue weighted by atomic mass is 10.1. The van der Waals surface area contributed by atoms with Gasteiger partial charge in [-0.3, -0.25) is 0 Å². The van der Waals surface area contributed by atoms with Crippen molar-refractivity contribution in [1.29, 1.82) is 0 Å². The van der Waals surface area contributed by atoms with E-state index < -0.39 is 0 Å². The van der Waals surface area contributed by atoms with Gasteiger partial charge in [-0.25, -0.2) is 9.37 Å². The van der Waals surface area contributed by atoms with Crippen LogP contribution in [0.4, 0.5) is 4.39 Å². The highest BCUT2D eigenvalue weighted by atomic mass is 19.1. The topological polar surface area (TPSA) is 29.3 Å². The number of nitrogens with zero attached hydrogens (tertiary/aromatic N) is 2. The molecule has 3 heterocycles. The summed E-state index contributed by atoms with van der Waals surface area (Å²) < 4.78 is 14.8. The van der Waals surface area contributed by atoms with Crippen LogP contribution in [0.15, 0.2) is 24.5 Å². The second-order valence-corrected chi connectivity index (χ2v) is 3.97. The maximum Gasteiger partial charge on any atom is 0.139 e. The Morgan fingerprint density at radius 3 is 3.27 bits per heavy atom. The Kier molecular flexibility index (Phi) is 1.95. The summed E-state index contributed by atoms with van der Waals surface area (Å²) in [6.45, 7) is 2.03. The molecule has 3 rings (SSSR count). The number of nitrogens with one attached hydrogen (secondary N) is 1. The maximum atomic E-state index is 13.0. The Hall–Kier alpha value is -1.42. The number of halogens is 1. The van der Waals surface area contributed by atoms with E-state index in [9.17, 15) is 4.39 Å². The highest BCUT2D eigenvalue weighted by Crippen LogP contribution is 2.21. The van der Waals surface area contributed by atoms with Crippen LogP contribution in [-0.2, 0) is 0 Å². The Bertz CT molecular complexity index is 486. The minimum absolute atomic E-state index is 0.232. The van der Waals surface area contributed by atoms with Gasteiger partial charge >= 0.3 is 0 Å². The summed E-state index contributed by atoms with van der Waals surface area (Å²) in [4.78, 5) is 4.44. The molecule has 3 nitrogen and oxygen atoms in total. The van der Waals surface area contributed by atoms with Gasteiger partial charge in [0.1, 0.15) is 11.5 Å². The molecule has 0 bridgehead atoms. The predicted molar refractivity (Wildman–Crippen MR) is 55.4 cm³/mol. The van der Waals surface area contributed by atoms with Crippen LogP contribution < -0.4 is 5.32 Å². The van der Waals surface area contributed by atoms with Gasteiger partial charge in [0.15, 0.2) is 0 Å². The first-order valence-electron chi connectivity index (χ1n) is 5.18. The molecule has 1 N–H and O–H groups in total. The van der Waals surface area contributed by atoms with E-state index in [-0.39, 0.29) is 5.82 Å². The van der Waals surface area contributed by atoms with Gasteiger partial charge < -0.3 is 9.72 Å². The lowest BCUT2D eigenvalue weighted by molar-refractivity contribution is 0.626. The number of hydrogen-bond donors (Lipinski definition) is 1. The Balaban J connectivity index is 2.05. The molecule has 2 aromatic heterocycles. The lowest BCUT2D eigenvalue weighted by Crippen LogP contribution is -2.07. The molecule has 0 radical (unpaired) electrons. The van der Waals surface area contributed by atoms with Crippen LogP contribution in [0.3, 0.4) is 0 Å². The number of imidazole rings is 1. The molecule has 0 spiro atoms. The third kappa shape index (κ3) is 1.51. The third-order valence-corrected chi connectivity index (χ3v) is 2.92. The first kappa shape index (κ1) is 8.85. The molecule has 0 amide bonds. The minimum Gasteiger partial charge on any atom is -0.316 e. The molecule has 1 saturated heterocycles. The van der Waals surface area contributed by atoms with Gasteiger partial charge in [0, 0.05) is 30.9 Å². The van der Waals surface area contributed by atoms with Crippen LogP contribution in [0, 0.1) is 5.82 Å². The van der Waals surface area contributed by atoms with Gasteiger partial charge in [-0.1, -0.05) is 0 Å². The zero-order chi connectivity index (χ0) is 10.3. The maximum absolute atomic E-state index is 13.0. The molecular weight excluding hydrogens is 193 g/mol. The lowest BCUT2D eigenvalue weighted by Gasteiger charge is -2.01. The molecule has 15 heavy (non-hydrogen) atoms. The zero-order valence-corrected chi connectivity index (χ0v) is 8.28. The van der Waals surface area contributed by atoms with Crippen molar-refractivity contribution >= 4 is 5.65 Å². The predicted octanol–water partition coefficient (Wildman–Crippen LogP) is 1.55. The summed E-state index contributed by atoms with van der Waals surface area (Å²) in [5.74, 6) is 0.247. The second-order valence-electron chi connectivity index (χ2n) is 3.97. The second kappa shape index (κ2) is 3.31. The zero-order valence-electron chi connectivity index (χ0n) is 8.28. The van der Waals surface area contributed by atoms with E-state index >= 15 is 0 Å². The Morgan fingerprint density at radius 2 is 2.47 bits per heavy atom. The highest BCUT2D eigenvalue weighted by molar-refractivity contribution is 5.40. The van der Waals surface area contributed by atoms with Crippen LogP contribution in [0.2, 0.25) is 0 Å². The van der Waals surface area contributed by atoms with Crippen LogP contribution in [0.5, 0.6) is 0 Å². The molecule has 1 fully saturated rings. The molecule has 78 valence electrons. The minimum atomic E-state index is -0.232. The van der Waals surface area contributed by atoms with Gasteiger partial charge in [0.2, 0.25) is 0 Å². The number of hydrogen-bond acceptors (Lipinski definition) is 2. The summed E-state index contributed by atoms with van der Waals surface area (Å²) >= 11 is 0.